The molecule has 7 atom stereocenters. The Kier molecular flexibility index (Phi) is 8.58. The molecule has 2 saturated heterocycles. The standard InChI is InChI=1S/C32H43N3O7S/c1-20(2)16-35(43(38,39)24-10-8-23(9-11-24)32(33)12-13-32)17-28(36)27(14-21-6-4-3-5-7-21)34-31(37)42-29-22-15-25-26(29)19-41-30(25)40-18-22/h3-11,20,22,25-30,36H,12-19,33H2,1-2H3,(H,34,37)/t22-,25?,26?,27+,28-,29?,30?/m1/s1. The van der Waals surface area contributed by atoms with E-state index in [2.05, 4.69) is 5.32 Å². The van der Waals surface area contributed by atoms with Crippen LogP contribution in [0.25, 0.3) is 0 Å². The summed E-state index contributed by atoms with van der Waals surface area (Å²) in [7, 11) is -3.94. The minimum Gasteiger partial charge on any atom is -0.445 e. The van der Waals surface area contributed by atoms with Gasteiger partial charge in [-0.25, -0.2) is 13.2 Å². The maximum Gasteiger partial charge on any atom is 0.407 e. The van der Waals surface area contributed by atoms with Crippen LogP contribution in [0.4, 0.5) is 4.79 Å². The van der Waals surface area contributed by atoms with Crippen LogP contribution >= 0.6 is 0 Å². The number of carbonyl (C=O) groups excluding carboxylic acids is 1. The molecule has 1 amide bonds. The van der Waals surface area contributed by atoms with Crippen LogP contribution in [0.2, 0.25) is 0 Å². The molecule has 2 aromatic rings. The van der Waals surface area contributed by atoms with E-state index in [0.29, 0.717) is 19.6 Å². The molecule has 234 valence electrons. The maximum absolute atomic E-state index is 13.8. The zero-order chi connectivity index (χ0) is 30.4. The quantitative estimate of drug-likeness (QED) is 0.332. The highest BCUT2D eigenvalue weighted by Gasteiger charge is 2.56. The molecule has 0 spiro atoms. The lowest BCUT2D eigenvalue weighted by Crippen LogP contribution is -2.52. The van der Waals surface area contributed by atoms with Crippen molar-refractivity contribution in [3.05, 3.63) is 65.7 Å². The molecule has 11 heteroatoms. The number of nitrogens with zero attached hydrogens (tertiary/aromatic N) is 1. The Balaban J connectivity index is 1.18. The van der Waals surface area contributed by atoms with Crippen molar-refractivity contribution in [1.29, 1.82) is 0 Å². The SMILES string of the molecule is CC(C)CN(C[C@@H](O)[C@H](Cc1ccccc1)NC(=O)OC1C2COC3OC[C@H]1CC32)S(=O)(=O)c1ccc(C2(N)CC2)cc1. The Morgan fingerprint density at radius 2 is 1.77 bits per heavy atom. The van der Waals surface area contributed by atoms with Crippen LogP contribution in [0.3, 0.4) is 0 Å². The Morgan fingerprint density at radius 1 is 1.07 bits per heavy atom. The first-order chi connectivity index (χ1) is 20.5. The number of nitrogens with two attached hydrogens (primary N) is 1. The molecular weight excluding hydrogens is 570 g/mol. The number of benzene rings is 2. The first-order valence-electron chi connectivity index (χ1n) is 15.4. The predicted octanol–water partition coefficient (Wildman–Crippen LogP) is 2.99. The van der Waals surface area contributed by atoms with E-state index in [1.165, 1.54) is 4.31 Å². The monoisotopic (exact) mass is 613 g/mol. The highest BCUT2D eigenvalue weighted by atomic mass is 32.2. The first-order valence-corrected chi connectivity index (χ1v) is 16.8. The summed E-state index contributed by atoms with van der Waals surface area (Å²) < 4.78 is 46.5. The van der Waals surface area contributed by atoms with Crippen LogP contribution in [-0.4, -0.2) is 74.8 Å². The number of ether oxygens (including phenoxy) is 3. The molecule has 0 radical (unpaired) electrons. The van der Waals surface area contributed by atoms with Gasteiger partial charge in [0.1, 0.15) is 6.10 Å². The molecule has 6 rings (SSSR count). The maximum atomic E-state index is 13.8. The van der Waals surface area contributed by atoms with Crippen molar-refractivity contribution >= 4 is 16.1 Å². The van der Waals surface area contributed by atoms with Crippen LogP contribution < -0.4 is 11.1 Å². The Morgan fingerprint density at radius 3 is 2.44 bits per heavy atom. The lowest BCUT2D eigenvalue weighted by atomic mass is 9.98. The average Bonchev–Trinajstić information content (AvgIpc) is 3.50. The molecule has 0 aromatic heterocycles. The molecule has 4 aliphatic rings. The molecule has 10 nitrogen and oxygen atoms in total. The molecule has 4 fully saturated rings. The largest absolute Gasteiger partial charge is 0.445 e. The number of fused-ring (bicyclic) bond motifs is 1. The van der Waals surface area contributed by atoms with E-state index in [-0.39, 0.29) is 59.6 Å². The van der Waals surface area contributed by atoms with Gasteiger partial charge in [-0.15, -0.1) is 0 Å². The van der Waals surface area contributed by atoms with Crippen molar-refractivity contribution < 1.29 is 32.5 Å². The Labute approximate surface area is 253 Å². The average molecular weight is 614 g/mol. The van der Waals surface area contributed by atoms with Crippen molar-refractivity contribution in [3.63, 3.8) is 0 Å². The van der Waals surface area contributed by atoms with Crippen LogP contribution in [0.15, 0.2) is 59.5 Å². The van der Waals surface area contributed by atoms with Gasteiger partial charge in [0.05, 0.1) is 30.3 Å². The van der Waals surface area contributed by atoms with E-state index in [1.54, 1.807) is 24.3 Å². The van der Waals surface area contributed by atoms with Gasteiger partial charge < -0.3 is 30.4 Å². The van der Waals surface area contributed by atoms with Crippen molar-refractivity contribution in [1.82, 2.24) is 9.62 Å². The summed E-state index contributed by atoms with van der Waals surface area (Å²) in [5.41, 5.74) is 7.75. The minimum absolute atomic E-state index is 0.00641. The lowest BCUT2D eigenvalue weighted by Gasteiger charge is -2.31. The third-order valence-corrected chi connectivity index (χ3v) is 11.3. The van der Waals surface area contributed by atoms with Gasteiger partial charge in [0.25, 0.3) is 0 Å². The van der Waals surface area contributed by atoms with E-state index in [1.807, 2.05) is 44.2 Å². The molecule has 4 N–H and O–H groups in total. The van der Waals surface area contributed by atoms with Crippen molar-refractivity contribution in [3.8, 4) is 0 Å². The van der Waals surface area contributed by atoms with E-state index < -0.39 is 28.3 Å². The lowest BCUT2D eigenvalue weighted by molar-refractivity contribution is -0.169. The number of alkyl carbamates (subject to hydrolysis) is 1. The highest BCUT2D eigenvalue weighted by Crippen LogP contribution is 2.49. The molecule has 2 bridgehead atoms. The number of aliphatic hydroxyl groups is 1. The van der Waals surface area contributed by atoms with E-state index >= 15 is 0 Å². The third kappa shape index (κ3) is 6.48. The second kappa shape index (κ2) is 12.1. The minimum atomic E-state index is -3.94. The van der Waals surface area contributed by atoms with E-state index in [4.69, 9.17) is 19.9 Å². The van der Waals surface area contributed by atoms with Gasteiger partial charge in [0.15, 0.2) is 6.29 Å². The number of amides is 1. The van der Waals surface area contributed by atoms with Gasteiger partial charge in [-0.2, -0.15) is 4.31 Å². The molecule has 43 heavy (non-hydrogen) atoms. The summed E-state index contributed by atoms with van der Waals surface area (Å²) >= 11 is 0. The summed E-state index contributed by atoms with van der Waals surface area (Å²) in [6.07, 6.45) is 0.584. The second-order valence-electron chi connectivity index (χ2n) is 13.1. The van der Waals surface area contributed by atoms with E-state index in [0.717, 1.165) is 30.4 Å². The van der Waals surface area contributed by atoms with Gasteiger partial charge in [-0.05, 0) is 54.9 Å². The summed E-state index contributed by atoms with van der Waals surface area (Å²) in [5.74, 6) is 0.441. The van der Waals surface area contributed by atoms with Crippen LogP contribution in [0.1, 0.15) is 44.2 Å². The van der Waals surface area contributed by atoms with Gasteiger partial charge in [0.2, 0.25) is 10.0 Å². The molecule has 2 aliphatic heterocycles. The number of hydrogen-bond acceptors (Lipinski definition) is 8. The van der Waals surface area contributed by atoms with Gasteiger partial charge in [0, 0.05) is 36.4 Å². The first kappa shape index (κ1) is 30.5. The fraction of sp³-hybridized carbons (Fsp3) is 0.594. The zero-order valence-corrected chi connectivity index (χ0v) is 25.6. The topological polar surface area (TPSA) is 140 Å². The smallest absolute Gasteiger partial charge is 0.407 e. The molecule has 2 heterocycles. The van der Waals surface area contributed by atoms with E-state index in [9.17, 15) is 18.3 Å². The Hall–Kier alpha value is -2.54. The fourth-order valence-corrected chi connectivity index (χ4v) is 8.48. The van der Waals surface area contributed by atoms with Crippen molar-refractivity contribution in [2.24, 2.45) is 29.4 Å². The number of hydrogen-bond donors (Lipinski definition) is 3. The molecular formula is C32H43N3O7S. The van der Waals surface area contributed by atoms with Crippen molar-refractivity contribution in [2.45, 2.75) is 74.5 Å². The summed E-state index contributed by atoms with van der Waals surface area (Å²) in [5, 5.41) is 14.4. The third-order valence-electron chi connectivity index (χ3n) is 9.41. The number of aliphatic hydroxyl groups excluding tert-OH is 1. The summed E-state index contributed by atoms with van der Waals surface area (Å²) in [6.45, 7) is 4.86. The van der Waals surface area contributed by atoms with Gasteiger partial charge in [-0.1, -0.05) is 56.3 Å². The summed E-state index contributed by atoms with van der Waals surface area (Å²) in [4.78, 5) is 13.4. The van der Waals surface area contributed by atoms with Crippen molar-refractivity contribution in [2.75, 3.05) is 26.3 Å². The zero-order valence-electron chi connectivity index (χ0n) is 24.8. The number of carbonyl (C=O) groups is 1. The van der Waals surface area contributed by atoms with Crippen LogP contribution in [0.5, 0.6) is 0 Å². The predicted molar refractivity (Wildman–Crippen MR) is 159 cm³/mol. The van der Waals surface area contributed by atoms with Crippen LogP contribution in [0, 0.1) is 23.7 Å². The molecule has 4 unspecified atom stereocenters. The van der Waals surface area contributed by atoms with Crippen LogP contribution in [-0.2, 0) is 36.2 Å². The number of nitrogens with one attached hydrogen (secondary N) is 1. The molecule has 2 aliphatic carbocycles. The number of rotatable bonds is 12. The normalized spacial score (nSPS) is 28.6. The highest BCUT2D eigenvalue weighted by molar-refractivity contribution is 7.89. The van der Waals surface area contributed by atoms with Gasteiger partial charge >= 0.3 is 6.09 Å². The van der Waals surface area contributed by atoms with Gasteiger partial charge in [-0.3, -0.25) is 0 Å². The summed E-state index contributed by atoms with van der Waals surface area (Å²) in [6, 6.07) is 15.4. The number of sulfonamides is 1. The fourth-order valence-electron chi connectivity index (χ4n) is 6.85. The molecule has 2 aromatic carbocycles. The molecule has 2 saturated carbocycles. The second-order valence-corrected chi connectivity index (χ2v) is 15.1. The Bertz CT molecular complexity index is 1380.